The molecule has 0 fully saturated rings. The number of sulfonamides is 1. The smallest absolute Gasteiger partial charge is 0.261 e. The number of fused-ring (bicyclic) bond motifs is 2. The Bertz CT molecular complexity index is 1480. The number of nitrogens with one attached hydrogen (secondary N) is 1. The zero-order valence-corrected chi connectivity index (χ0v) is 19.3. The number of ether oxygens (including phenoxy) is 1. The topological polar surface area (TPSA) is 94.3 Å². The third-order valence-electron chi connectivity index (χ3n) is 4.65. The van der Waals surface area contributed by atoms with Gasteiger partial charge in [0.05, 0.1) is 28.0 Å². The second-order valence-electron chi connectivity index (χ2n) is 6.81. The van der Waals surface area contributed by atoms with Crippen LogP contribution in [0.1, 0.15) is 5.01 Å². The zero-order valence-electron chi connectivity index (χ0n) is 16.8. The molecule has 0 saturated carbocycles. The quantitative estimate of drug-likeness (QED) is 0.304. The number of oxazole rings is 1. The molecule has 10 heteroatoms. The number of thioether (sulfide) groups is 1. The normalized spacial score (nSPS) is 11.8. The Morgan fingerprint density at radius 1 is 1.03 bits per heavy atom. The van der Waals surface area contributed by atoms with Crippen LogP contribution in [-0.4, -0.2) is 25.5 Å². The lowest BCUT2D eigenvalue weighted by Crippen LogP contribution is -2.12. The number of hydrogen-bond donors (Lipinski definition) is 1. The highest BCUT2D eigenvalue weighted by Crippen LogP contribution is 2.31. The van der Waals surface area contributed by atoms with Gasteiger partial charge in [-0.3, -0.25) is 4.72 Å². The molecule has 7 nitrogen and oxygen atoms in total. The van der Waals surface area contributed by atoms with Gasteiger partial charge in [0.15, 0.2) is 5.58 Å². The summed E-state index contributed by atoms with van der Waals surface area (Å²) in [4.78, 5) is 9.17. The molecule has 0 saturated heterocycles. The van der Waals surface area contributed by atoms with E-state index in [1.807, 2.05) is 24.3 Å². The number of rotatable bonds is 7. The lowest BCUT2D eigenvalue weighted by molar-refractivity contribution is 0.415. The van der Waals surface area contributed by atoms with E-state index < -0.39 is 10.0 Å². The molecular weight excluding hydrogens is 466 g/mol. The monoisotopic (exact) mass is 483 g/mol. The molecular formula is C22H17N3O4S3. The van der Waals surface area contributed by atoms with E-state index in [1.165, 1.54) is 23.9 Å². The van der Waals surface area contributed by atoms with E-state index in [2.05, 4.69) is 14.7 Å². The summed E-state index contributed by atoms with van der Waals surface area (Å²) >= 11 is 3.06. The summed E-state index contributed by atoms with van der Waals surface area (Å²) in [5, 5.41) is 1.45. The van der Waals surface area contributed by atoms with Crippen LogP contribution >= 0.6 is 23.1 Å². The number of anilines is 1. The largest absolute Gasteiger partial charge is 0.497 e. The Labute approximate surface area is 192 Å². The highest BCUT2D eigenvalue weighted by molar-refractivity contribution is 7.98. The summed E-state index contributed by atoms with van der Waals surface area (Å²) in [6.45, 7) is 0. The van der Waals surface area contributed by atoms with Crippen molar-refractivity contribution in [1.29, 1.82) is 0 Å². The van der Waals surface area contributed by atoms with Crippen molar-refractivity contribution in [1.82, 2.24) is 9.97 Å². The maximum absolute atomic E-state index is 12.8. The first-order valence-electron chi connectivity index (χ1n) is 9.55. The van der Waals surface area contributed by atoms with Crippen LogP contribution in [0.25, 0.3) is 21.3 Å². The molecule has 5 rings (SSSR count). The van der Waals surface area contributed by atoms with Gasteiger partial charge in [-0.1, -0.05) is 23.9 Å². The molecule has 0 aliphatic rings. The number of thiazole rings is 1. The Balaban J connectivity index is 1.33. The van der Waals surface area contributed by atoms with Gasteiger partial charge >= 0.3 is 0 Å². The number of hydrogen-bond acceptors (Lipinski definition) is 8. The van der Waals surface area contributed by atoms with Crippen LogP contribution in [0.3, 0.4) is 0 Å². The molecule has 0 atom stereocenters. The molecule has 0 aliphatic heterocycles. The molecule has 0 spiro atoms. The molecule has 0 bridgehead atoms. The average Bonchev–Trinajstić information content (AvgIpc) is 3.40. The van der Waals surface area contributed by atoms with E-state index in [1.54, 1.807) is 48.8 Å². The van der Waals surface area contributed by atoms with E-state index in [0.29, 0.717) is 33.5 Å². The Morgan fingerprint density at radius 2 is 1.84 bits per heavy atom. The van der Waals surface area contributed by atoms with E-state index in [4.69, 9.17) is 9.15 Å². The molecule has 0 unspecified atom stereocenters. The van der Waals surface area contributed by atoms with Crippen molar-refractivity contribution in [2.45, 2.75) is 15.9 Å². The van der Waals surface area contributed by atoms with Crippen molar-refractivity contribution in [3.05, 3.63) is 71.7 Å². The van der Waals surface area contributed by atoms with Crippen LogP contribution in [-0.2, 0) is 15.8 Å². The molecule has 1 N–H and O–H groups in total. The van der Waals surface area contributed by atoms with Crippen molar-refractivity contribution < 1.29 is 17.6 Å². The maximum Gasteiger partial charge on any atom is 0.261 e. The Hall–Kier alpha value is -3.08. The van der Waals surface area contributed by atoms with Crippen molar-refractivity contribution in [3.8, 4) is 5.75 Å². The zero-order chi connectivity index (χ0) is 22.1. The van der Waals surface area contributed by atoms with Crippen LogP contribution < -0.4 is 9.46 Å². The second-order valence-corrected chi connectivity index (χ2v) is 10.5. The van der Waals surface area contributed by atoms with Crippen LogP contribution in [0.2, 0.25) is 0 Å². The molecule has 32 heavy (non-hydrogen) atoms. The van der Waals surface area contributed by atoms with E-state index in [-0.39, 0.29) is 4.90 Å². The van der Waals surface area contributed by atoms with Crippen molar-refractivity contribution in [3.63, 3.8) is 0 Å². The standard InChI is InChI=1S/C22H17N3O4S3/c1-28-15-8-6-14(7-9-15)25-32(26,27)16-10-11-19-18(12-16)24-22(29-19)30-13-21-23-17-4-2-3-5-20(17)31-21/h2-12,25H,13H2,1H3. The molecule has 0 radical (unpaired) electrons. The third-order valence-corrected chi connectivity index (χ3v) is 8.09. The summed E-state index contributed by atoms with van der Waals surface area (Å²) < 4.78 is 40.2. The summed E-state index contributed by atoms with van der Waals surface area (Å²) in [7, 11) is -2.22. The van der Waals surface area contributed by atoms with Gasteiger partial charge in [-0.2, -0.15) is 0 Å². The first-order chi connectivity index (χ1) is 15.5. The molecule has 5 aromatic rings. The lowest BCUT2D eigenvalue weighted by atomic mass is 10.3. The molecule has 3 aromatic carbocycles. The number of para-hydroxylation sites is 1. The Morgan fingerprint density at radius 3 is 2.62 bits per heavy atom. The van der Waals surface area contributed by atoms with Gasteiger partial charge in [-0.15, -0.1) is 11.3 Å². The molecule has 2 aromatic heterocycles. The van der Waals surface area contributed by atoms with Gasteiger partial charge in [0.1, 0.15) is 16.3 Å². The summed E-state index contributed by atoms with van der Waals surface area (Å²) in [6, 6.07) is 19.3. The van der Waals surface area contributed by atoms with Crippen LogP contribution in [0.5, 0.6) is 5.75 Å². The minimum atomic E-state index is -3.77. The van der Waals surface area contributed by atoms with Gasteiger partial charge in [0.25, 0.3) is 15.2 Å². The fourth-order valence-electron chi connectivity index (χ4n) is 3.09. The van der Waals surface area contributed by atoms with Crippen molar-refractivity contribution in [2.75, 3.05) is 11.8 Å². The summed E-state index contributed by atoms with van der Waals surface area (Å²) in [6.07, 6.45) is 0. The molecule has 162 valence electrons. The number of nitrogens with zero attached hydrogens (tertiary/aromatic N) is 2. The fraction of sp³-hybridized carbons (Fsp3) is 0.0909. The second kappa shape index (κ2) is 8.45. The summed E-state index contributed by atoms with van der Waals surface area (Å²) in [5.41, 5.74) is 2.43. The number of aromatic nitrogens is 2. The average molecular weight is 484 g/mol. The predicted octanol–water partition coefficient (Wildman–Crippen LogP) is 5.54. The minimum absolute atomic E-state index is 0.108. The fourth-order valence-corrected chi connectivity index (χ4v) is 5.97. The van der Waals surface area contributed by atoms with Crippen molar-refractivity contribution in [2.24, 2.45) is 0 Å². The van der Waals surface area contributed by atoms with Crippen LogP contribution in [0.4, 0.5) is 5.69 Å². The van der Waals surface area contributed by atoms with E-state index in [0.717, 1.165) is 15.2 Å². The van der Waals surface area contributed by atoms with Gasteiger partial charge in [-0.05, 0) is 54.6 Å². The molecule has 0 aliphatic carbocycles. The van der Waals surface area contributed by atoms with Gasteiger partial charge in [0, 0.05) is 5.69 Å². The highest BCUT2D eigenvalue weighted by atomic mass is 32.2. The number of methoxy groups -OCH3 is 1. The third kappa shape index (κ3) is 4.29. The number of benzene rings is 3. The van der Waals surface area contributed by atoms with E-state index >= 15 is 0 Å². The van der Waals surface area contributed by atoms with Gasteiger partial charge < -0.3 is 9.15 Å². The van der Waals surface area contributed by atoms with Crippen LogP contribution in [0, 0.1) is 0 Å². The highest BCUT2D eigenvalue weighted by Gasteiger charge is 2.17. The Kier molecular flexibility index (Phi) is 5.50. The SMILES string of the molecule is COc1ccc(NS(=O)(=O)c2ccc3oc(SCc4nc5ccccc5s4)nc3c2)cc1. The van der Waals surface area contributed by atoms with Gasteiger partial charge in [0.2, 0.25) is 0 Å². The minimum Gasteiger partial charge on any atom is -0.497 e. The van der Waals surface area contributed by atoms with Crippen LogP contribution in [0.15, 0.2) is 81.3 Å². The van der Waals surface area contributed by atoms with E-state index in [9.17, 15) is 8.42 Å². The van der Waals surface area contributed by atoms with Gasteiger partial charge in [-0.25, -0.2) is 18.4 Å². The maximum atomic E-state index is 12.8. The first-order valence-corrected chi connectivity index (χ1v) is 12.8. The summed E-state index contributed by atoms with van der Waals surface area (Å²) in [5.74, 6) is 1.27. The lowest BCUT2D eigenvalue weighted by Gasteiger charge is -2.08. The molecule has 0 amide bonds. The first kappa shape index (κ1) is 20.8. The van der Waals surface area contributed by atoms with Crippen molar-refractivity contribution >= 4 is 60.1 Å². The molecule has 2 heterocycles. The predicted molar refractivity (Wildman–Crippen MR) is 127 cm³/mol.